The van der Waals surface area contributed by atoms with Gasteiger partial charge in [-0.15, -0.1) is 3.89 Å². The first-order chi connectivity index (χ1) is 10.4. The van der Waals surface area contributed by atoms with Gasteiger partial charge in [0.05, 0.1) is 20.0 Å². The molecule has 0 aliphatic rings. The fraction of sp³-hybridized carbons (Fsp3) is 0.571. The SMILES string of the molecule is COc1ccc(CCN(CCF)CCS(=O)(=O)F)cc1OC. The van der Waals surface area contributed by atoms with Gasteiger partial charge in [-0.1, -0.05) is 6.07 Å². The van der Waals surface area contributed by atoms with Crippen LogP contribution in [0.5, 0.6) is 11.5 Å². The van der Waals surface area contributed by atoms with Crippen LogP contribution in [0.4, 0.5) is 8.28 Å². The summed E-state index contributed by atoms with van der Waals surface area (Å²) in [4.78, 5) is 1.58. The number of ether oxygens (including phenoxy) is 2. The molecule has 0 atom stereocenters. The number of benzene rings is 1. The molecule has 0 aliphatic heterocycles. The van der Waals surface area contributed by atoms with E-state index < -0.39 is 22.7 Å². The third-order valence-electron chi connectivity index (χ3n) is 3.22. The van der Waals surface area contributed by atoms with Crippen LogP contribution < -0.4 is 9.47 Å². The van der Waals surface area contributed by atoms with Gasteiger partial charge in [-0.25, -0.2) is 4.39 Å². The summed E-state index contributed by atoms with van der Waals surface area (Å²) in [6.45, 7) is -0.147. The molecule has 1 rings (SSSR count). The number of alkyl halides is 1. The summed E-state index contributed by atoms with van der Waals surface area (Å²) in [6, 6.07) is 5.42. The van der Waals surface area contributed by atoms with Crippen LogP contribution in [0.2, 0.25) is 0 Å². The van der Waals surface area contributed by atoms with Crippen molar-refractivity contribution in [3.8, 4) is 11.5 Å². The third kappa shape index (κ3) is 6.57. The van der Waals surface area contributed by atoms with Crippen molar-refractivity contribution in [2.24, 2.45) is 0 Å². The van der Waals surface area contributed by atoms with Crippen molar-refractivity contribution in [2.75, 3.05) is 46.3 Å². The number of halogens is 2. The van der Waals surface area contributed by atoms with Gasteiger partial charge in [-0.2, -0.15) is 8.42 Å². The minimum Gasteiger partial charge on any atom is -0.493 e. The normalized spacial score (nSPS) is 11.7. The van der Waals surface area contributed by atoms with Crippen LogP contribution in [-0.4, -0.2) is 59.6 Å². The quantitative estimate of drug-likeness (QED) is 0.610. The zero-order valence-electron chi connectivity index (χ0n) is 12.7. The van der Waals surface area contributed by atoms with Crippen molar-refractivity contribution in [2.45, 2.75) is 6.42 Å². The van der Waals surface area contributed by atoms with Gasteiger partial charge in [-0.3, -0.25) is 4.90 Å². The standard InChI is InChI=1S/C14H21F2NO4S/c1-20-13-4-3-12(11-14(13)21-2)5-7-17(8-6-15)9-10-22(16,18)19/h3-4,11H,5-10H2,1-2H3. The van der Waals surface area contributed by atoms with Crippen LogP contribution in [0.15, 0.2) is 18.2 Å². The molecule has 0 aliphatic carbocycles. The van der Waals surface area contributed by atoms with E-state index in [1.165, 1.54) is 14.2 Å². The molecule has 0 aromatic heterocycles. The minimum atomic E-state index is -4.54. The van der Waals surface area contributed by atoms with E-state index in [0.29, 0.717) is 24.5 Å². The molecule has 126 valence electrons. The van der Waals surface area contributed by atoms with Crippen molar-refractivity contribution in [1.29, 1.82) is 0 Å². The average Bonchev–Trinajstić information content (AvgIpc) is 2.48. The van der Waals surface area contributed by atoms with E-state index in [1.807, 2.05) is 6.07 Å². The molecule has 0 N–H and O–H groups in total. The lowest BCUT2D eigenvalue weighted by Gasteiger charge is -2.20. The molecule has 0 unspecified atom stereocenters. The first-order valence-corrected chi connectivity index (χ1v) is 8.36. The fourth-order valence-corrected chi connectivity index (χ4v) is 2.49. The fourth-order valence-electron chi connectivity index (χ4n) is 2.02. The lowest BCUT2D eigenvalue weighted by molar-refractivity contribution is 0.262. The van der Waals surface area contributed by atoms with Gasteiger partial charge >= 0.3 is 10.2 Å². The highest BCUT2D eigenvalue weighted by Gasteiger charge is 2.13. The zero-order valence-corrected chi connectivity index (χ0v) is 13.5. The Balaban J connectivity index is 2.64. The summed E-state index contributed by atoms with van der Waals surface area (Å²) in [5.74, 6) is 0.567. The van der Waals surface area contributed by atoms with Gasteiger partial charge in [-0.05, 0) is 24.1 Å². The van der Waals surface area contributed by atoms with E-state index >= 15 is 0 Å². The third-order valence-corrected chi connectivity index (χ3v) is 3.89. The molecule has 0 fully saturated rings. The number of methoxy groups -OCH3 is 2. The molecule has 8 heteroatoms. The molecule has 0 amide bonds. The summed E-state index contributed by atoms with van der Waals surface area (Å²) in [5, 5.41) is 0. The molecular weight excluding hydrogens is 316 g/mol. The zero-order chi connectivity index (χ0) is 16.6. The lowest BCUT2D eigenvalue weighted by atomic mass is 10.1. The lowest BCUT2D eigenvalue weighted by Crippen LogP contribution is -2.32. The van der Waals surface area contributed by atoms with Crippen LogP contribution in [0.25, 0.3) is 0 Å². The molecule has 0 spiro atoms. The number of hydrogen-bond donors (Lipinski definition) is 0. The molecule has 0 saturated carbocycles. The summed E-state index contributed by atoms with van der Waals surface area (Å²) >= 11 is 0. The van der Waals surface area contributed by atoms with Crippen molar-refractivity contribution in [3.05, 3.63) is 23.8 Å². The predicted molar refractivity (Wildman–Crippen MR) is 80.6 cm³/mol. The van der Waals surface area contributed by atoms with Crippen LogP contribution in [0.1, 0.15) is 5.56 Å². The number of nitrogens with zero attached hydrogens (tertiary/aromatic N) is 1. The molecule has 0 radical (unpaired) electrons. The monoisotopic (exact) mass is 337 g/mol. The van der Waals surface area contributed by atoms with E-state index in [0.717, 1.165) is 5.56 Å². The summed E-state index contributed by atoms with van der Waals surface area (Å²) < 4.78 is 56.5. The molecule has 22 heavy (non-hydrogen) atoms. The van der Waals surface area contributed by atoms with E-state index in [1.54, 1.807) is 17.0 Å². The largest absolute Gasteiger partial charge is 0.493 e. The molecule has 0 saturated heterocycles. The highest BCUT2D eigenvalue weighted by atomic mass is 32.3. The van der Waals surface area contributed by atoms with E-state index in [2.05, 4.69) is 0 Å². The van der Waals surface area contributed by atoms with Gasteiger partial charge in [0.25, 0.3) is 0 Å². The molecule has 0 bridgehead atoms. The maximum absolute atomic E-state index is 12.6. The van der Waals surface area contributed by atoms with Crippen molar-refractivity contribution >= 4 is 10.2 Å². The second-order valence-corrected chi connectivity index (χ2v) is 6.20. The van der Waals surface area contributed by atoms with Crippen molar-refractivity contribution < 1.29 is 26.2 Å². The number of hydrogen-bond acceptors (Lipinski definition) is 5. The van der Waals surface area contributed by atoms with Gasteiger partial charge in [0.2, 0.25) is 0 Å². The van der Waals surface area contributed by atoms with E-state index in [4.69, 9.17) is 9.47 Å². The second-order valence-electron chi connectivity index (χ2n) is 4.71. The Morgan fingerprint density at radius 1 is 1.09 bits per heavy atom. The molecule has 0 heterocycles. The topological polar surface area (TPSA) is 55.8 Å². The Hall–Kier alpha value is -1.41. The van der Waals surface area contributed by atoms with Crippen molar-refractivity contribution in [1.82, 2.24) is 4.90 Å². The van der Waals surface area contributed by atoms with Gasteiger partial charge < -0.3 is 9.47 Å². The maximum atomic E-state index is 12.6. The highest BCUT2D eigenvalue weighted by Crippen LogP contribution is 2.27. The van der Waals surface area contributed by atoms with Gasteiger partial charge in [0.1, 0.15) is 6.67 Å². The second kappa shape index (κ2) is 8.89. The Morgan fingerprint density at radius 3 is 2.32 bits per heavy atom. The van der Waals surface area contributed by atoms with Crippen LogP contribution in [-0.2, 0) is 16.6 Å². The van der Waals surface area contributed by atoms with E-state index in [9.17, 15) is 16.7 Å². The van der Waals surface area contributed by atoms with E-state index in [-0.39, 0.29) is 13.1 Å². The average molecular weight is 337 g/mol. The Kier molecular flexibility index (Phi) is 7.53. The first kappa shape index (κ1) is 18.6. The molecule has 1 aromatic carbocycles. The Bertz CT molecular complexity index is 566. The summed E-state index contributed by atoms with van der Waals surface area (Å²) in [5.41, 5.74) is 0.935. The van der Waals surface area contributed by atoms with Gasteiger partial charge in [0.15, 0.2) is 11.5 Å². The smallest absolute Gasteiger partial charge is 0.303 e. The number of rotatable bonds is 10. The highest BCUT2D eigenvalue weighted by molar-refractivity contribution is 7.86. The predicted octanol–water partition coefficient (Wildman–Crippen LogP) is 1.82. The Morgan fingerprint density at radius 2 is 1.77 bits per heavy atom. The Labute approximate surface area is 130 Å². The van der Waals surface area contributed by atoms with Crippen LogP contribution in [0, 0.1) is 0 Å². The van der Waals surface area contributed by atoms with Crippen molar-refractivity contribution in [3.63, 3.8) is 0 Å². The molecule has 1 aromatic rings. The van der Waals surface area contributed by atoms with Crippen LogP contribution >= 0.6 is 0 Å². The maximum Gasteiger partial charge on any atom is 0.303 e. The minimum absolute atomic E-state index is 0.0317. The molecular formula is C14H21F2NO4S. The summed E-state index contributed by atoms with van der Waals surface area (Å²) in [6.07, 6.45) is 0.562. The van der Waals surface area contributed by atoms with Crippen LogP contribution in [0.3, 0.4) is 0 Å². The summed E-state index contributed by atoms with van der Waals surface area (Å²) in [7, 11) is -1.47. The molecule has 5 nitrogen and oxygen atoms in total. The first-order valence-electron chi connectivity index (χ1n) is 6.81. The van der Waals surface area contributed by atoms with Gasteiger partial charge in [0, 0.05) is 19.6 Å².